The Balaban J connectivity index is 4.28. The Morgan fingerprint density at radius 2 is 0.964 bits per heavy atom. The van der Waals surface area contributed by atoms with E-state index in [-0.39, 0.29) is 32.6 Å². The predicted octanol–water partition coefficient (Wildman–Crippen LogP) is 12.3. The Morgan fingerprint density at radius 1 is 0.545 bits per heavy atom. The fraction of sp³-hybridized carbons (Fsp3) is 0.689. The second-order valence-corrected chi connectivity index (χ2v) is 15.3. The average Bonchev–Trinajstić information content (AvgIpc) is 3.17. The molecule has 0 fully saturated rings. The van der Waals surface area contributed by atoms with E-state index in [0.29, 0.717) is 19.3 Å². The smallest absolute Gasteiger partial charge is 0.462 e. The van der Waals surface area contributed by atoms with Gasteiger partial charge in [0.2, 0.25) is 0 Å². The van der Waals surface area contributed by atoms with Crippen molar-refractivity contribution in [1.82, 2.24) is 0 Å². The molecule has 10 heteroatoms. The monoisotopic (exact) mass is 792 g/mol. The molecule has 3 N–H and O–H groups in total. The SMILES string of the molecule is CCCCC/C=C/C/C=C/C/C=C/C/C=C/CCCC(=O)O[C@H](COC(=O)CCCCCCCCC/C=C/C/C=C/CCCCC)COP(=O)(O)OCCN. The fourth-order valence-electron chi connectivity index (χ4n) is 5.36. The lowest BCUT2D eigenvalue weighted by Crippen LogP contribution is -2.29. The number of nitrogens with two attached hydrogens (primary N) is 1. The molecular formula is C45H78NO8P. The number of unbranched alkanes of at least 4 members (excludes halogenated alkanes) is 14. The predicted molar refractivity (Wildman–Crippen MR) is 229 cm³/mol. The Kier molecular flexibility index (Phi) is 39.2. The summed E-state index contributed by atoms with van der Waals surface area (Å²) < 4.78 is 32.7. The minimum Gasteiger partial charge on any atom is -0.462 e. The summed E-state index contributed by atoms with van der Waals surface area (Å²) in [5.74, 6) is -0.909. The third-order valence-electron chi connectivity index (χ3n) is 8.56. The molecule has 0 saturated heterocycles. The van der Waals surface area contributed by atoms with Crippen LogP contribution in [0.5, 0.6) is 0 Å². The van der Waals surface area contributed by atoms with Crippen LogP contribution in [0.3, 0.4) is 0 Å². The zero-order valence-electron chi connectivity index (χ0n) is 34.6. The number of carbonyl (C=O) groups is 2. The van der Waals surface area contributed by atoms with Crippen LogP contribution in [-0.2, 0) is 32.7 Å². The lowest BCUT2D eigenvalue weighted by atomic mass is 10.1. The summed E-state index contributed by atoms with van der Waals surface area (Å²) in [4.78, 5) is 34.8. The van der Waals surface area contributed by atoms with Gasteiger partial charge in [0.1, 0.15) is 6.61 Å². The van der Waals surface area contributed by atoms with Gasteiger partial charge in [-0.05, 0) is 83.5 Å². The zero-order valence-corrected chi connectivity index (χ0v) is 35.5. The molecule has 0 aliphatic heterocycles. The average molecular weight is 792 g/mol. The third-order valence-corrected chi connectivity index (χ3v) is 9.55. The van der Waals surface area contributed by atoms with E-state index in [2.05, 4.69) is 80.7 Å². The van der Waals surface area contributed by atoms with E-state index < -0.39 is 32.5 Å². The normalized spacial score (nSPS) is 14.0. The van der Waals surface area contributed by atoms with Crippen molar-refractivity contribution < 1.29 is 37.6 Å². The van der Waals surface area contributed by atoms with Crippen LogP contribution in [0.2, 0.25) is 0 Å². The van der Waals surface area contributed by atoms with Gasteiger partial charge in [0.15, 0.2) is 6.10 Å². The number of allylic oxidation sites excluding steroid dienone is 12. The van der Waals surface area contributed by atoms with Gasteiger partial charge in [-0.15, -0.1) is 0 Å². The Hall–Kier alpha value is -2.55. The topological polar surface area (TPSA) is 134 Å². The first-order valence-electron chi connectivity index (χ1n) is 21.4. The van der Waals surface area contributed by atoms with Gasteiger partial charge in [0.05, 0.1) is 13.2 Å². The van der Waals surface area contributed by atoms with Crippen LogP contribution >= 0.6 is 7.82 Å². The van der Waals surface area contributed by atoms with Crippen LogP contribution in [0.4, 0.5) is 0 Å². The van der Waals surface area contributed by atoms with E-state index >= 15 is 0 Å². The Morgan fingerprint density at radius 3 is 1.45 bits per heavy atom. The molecule has 0 rings (SSSR count). The first kappa shape index (κ1) is 52.5. The number of esters is 2. The van der Waals surface area contributed by atoms with E-state index in [0.717, 1.165) is 51.4 Å². The molecule has 316 valence electrons. The van der Waals surface area contributed by atoms with Crippen molar-refractivity contribution in [2.75, 3.05) is 26.4 Å². The van der Waals surface area contributed by atoms with Gasteiger partial charge in [-0.3, -0.25) is 18.6 Å². The molecule has 0 bridgehead atoms. The number of ether oxygens (including phenoxy) is 2. The van der Waals surface area contributed by atoms with E-state index in [4.69, 9.17) is 24.3 Å². The molecule has 1 unspecified atom stereocenters. The first-order chi connectivity index (χ1) is 26.8. The minimum absolute atomic E-state index is 0.0402. The highest BCUT2D eigenvalue weighted by Crippen LogP contribution is 2.43. The highest BCUT2D eigenvalue weighted by Gasteiger charge is 2.25. The Labute approximate surface area is 335 Å². The molecule has 0 aromatic rings. The quantitative estimate of drug-likeness (QED) is 0.0270. The van der Waals surface area contributed by atoms with Crippen LogP contribution in [-0.4, -0.2) is 49.3 Å². The summed E-state index contributed by atoms with van der Waals surface area (Å²) in [7, 11) is -4.40. The van der Waals surface area contributed by atoms with E-state index in [1.54, 1.807) is 0 Å². The lowest BCUT2D eigenvalue weighted by molar-refractivity contribution is -0.161. The molecule has 55 heavy (non-hydrogen) atoms. The summed E-state index contributed by atoms with van der Waals surface area (Å²) >= 11 is 0. The molecule has 0 aromatic carbocycles. The number of hydrogen-bond acceptors (Lipinski definition) is 8. The summed E-state index contributed by atoms with van der Waals surface area (Å²) in [6.07, 6.45) is 49.3. The molecule has 0 aliphatic rings. The second-order valence-electron chi connectivity index (χ2n) is 13.8. The molecular weight excluding hydrogens is 713 g/mol. The molecule has 9 nitrogen and oxygen atoms in total. The van der Waals surface area contributed by atoms with E-state index in [9.17, 15) is 19.0 Å². The summed E-state index contributed by atoms with van der Waals surface area (Å²) in [5, 5.41) is 0. The standard InChI is InChI=1S/C45H78NO8P/c1-3-5-7-9-11-13-15-17-19-21-23-25-27-29-31-33-35-37-44(47)51-41-43(42-53-55(49,50)52-40-39-46)54-45(48)38-36-34-32-30-28-26-24-22-20-18-16-14-12-10-8-6-4-2/h11-14,17-20,24,26,30,32,43H,3-10,15-16,21-23,25,27-29,31,33-42,46H2,1-2H3,(H,49,50)/b13-11+,14-12+,19-17+,20-18+,26-24+,32-30+/t43-/m1/s1. The van der Waals surface area contributed by atoms with Gasteiger partial charge in [0.25, 0.3) is 0 Å². The summed E-state index contributed by atoms with van der Waals surface area (Å²) in [6, 6.07) is 0. The van der Waals surface area contributed by atoms with Gasteiger partial charge in [-0.25, -0.2) is 4.57 Å². The van der Waals surface area contributed by atoms with Gasteiger partial charge in [0, 0.05) is 19.4 Å². The maximum Gasteiger partial charge on any atom is 0.472 e. The van der Waals surface area contributed by atoms with Crippen LogP contribution in [0.25, 0.3) is 0 Å². The van der Waals surface area contributed by atoms with Crippen molar-refractivity contribution in [3.8, 4) is 0 Å². The highest BCUT2D eigenvalue weighted by molar-refractivity contribution is 7.47. The first-order valence-corrected chi connectivity index (χ1v) is 22.9. The summed E-state index contributed by atoms with van der Waals surface area (Å²) in [6.45, 7) is 3.59. The highest BCUT2D eigenvalue weighted by atomic mass is 31.2. The molecule has 0 radical (unpaired) electrons. The number of phosphoric acid groups is 1. The maximum atomic E-state index is 12.6. The van der Waals surface area contributed by atoms with Crippen LogP contribution in [0, 0.1) is 0 Å². The van der Waals surface area contributed by atoms with Gasteiger partial charge < -0.3 is 20.1 Å². The van der Waals surface area contributed by atoms with E-state index in [1.165, 1.54) is 70.6 Å². The fourth-order valence-corrected chi connectivity index (χ4v) is 6.13. The molecule has 0 spiro atoms. The van der Waals surface area contributed by atoms with Gasteiger partial charge in [-0.2, -0.15) is 0 Å². The summed E-state index contributed by atoms with van der Waals surface area (Å²) in [5.41, 5.74) is 5.34. The molecule has 0 amide bonds. The number of hydrogen-bond donors (Lipinski definition) is 2. The molecule has 0 aliphatic carbocycles. The second kappa shape index (κ2) is 41.1. The minimum atomic E-state index is -4.40. The Bertz CT molecular complexity index is 1130. The molecule has 0 heterocycles. The molecule has 2 atom stereocenters. The molecule has 0 aromatic heterocycles. The van der Waals surface area contributed by atoms with Crippen molar-refractivity contribution >= 4 is 19.8 Å². The lowest BCUT2D eigenvalue weighted by Gasteiger charge is -2.19. The van der Waals surface area contributed by atoms with Crippen LogP contribution < -0.4 is 5.73 Å². The number of carbonyl (C=O) groups excluding carboxylic acids is 2. The van der Waals surface area contributed by atoms with Gasteiger partial charge >= 0.3 is 19.8 Å². The largest absolute Gasteiger partial charge is 0.472 e. The third kappa shape index (κ3) is 40.9. The van der Waals surface area contributed by atoms with Crippen molar-refractivity contribution in [1.29, 1.82) is 0 Å². The number of rotatable bonds is 39. The maximum absolute atomic E-state index is 12.6. The van der Waals surface area contributed by atoms with Crippen molar-refractivity contribution in [2.24, 2.45) is 5.73 Å². The number of phosphoric ester groups is 1. The van der Waals surface area contributed by atoms with Crippen molar-refractivity contribution in [3.05, 3.63) is 72.9 Å². The van der Waals surface area contributed by atoms with E-state index in [1.807, 2.05) is 6.08 Å². The van der Waals surface area contributed by atoms with Gasteiger partial charge in [-0.1, -0.05) is 145 Å². The van der Waals surface area contributed by atoms with Crippen LogP contribution in [0.1, 0.15) is 168 Å². The van der Waals surface area contributed by atoms with Crippen molar-refractivity contribution in [2.45, 2.75) is 174 Å². The van der Waals surface area contributed by atoms with Crippen LogP contribution in [0.15, 0.2) is 72.9 Å². The zero-order chi connectivity index (χ0) is 40.3. The molecule has 0 saturated carbocycles. The van der Waals surface area contributed by atoms with Crippen molar-refractivity contribution in [3.63, 3.8) is 0 Å².